The van der Waals surface area contributed by atoms with Gasteiger partial charge in [-0.05, 0) is 40.4 Å². The molecule has 0 aromatic heterocycles. The largest absolute Gasteiger partial charge is 0.507 e. The van der Waals surface area contributed by atoms with Crippen LogP contribution in [-0.2, 0) is 30.9 Å². The Kier molecular flexibility index (Phi) is 7.51. The second-order valence-electron chi connectivity index (χ2n) is 8.89. The van der Waals surface area contributed by atoms with E-state index in [4.69, 9.17) is 9.05 Å². The number of aliphatic hydroxyl groups is 1. The van der Waals surface area contributed by atoms with Gasteiger partial charge in [0.25, 0.3) is 0 Å². The van der Waals surface area contributed by atoms with E-state index in [9.17, 15) is 14.8 Å². The maximum Gasteiger partial charge on any atom is 0.332 e. The summed E-state index contributed by atoms with van der Waals surface area (Å²) in [6.07, 6.45) is 0.233. The lowest BCUT2D eigenvalue weighted by Gasteiger charge is -2.28. The van der Waals surface area contributed by atoms with Gasteiger partial charge in [-0.3, -0.25) is 4.57 Å². The summed E-state index contributed by atoms with van der Waals surface area (Å²) in [6, 6.07) is 4.01. The molecule has 0 saturated carbocycles. The summed E-state index contributed by atoms with van der Waals surface area (Å²) in [6.45, 7) is 12.4. The van der Waals surface area contributed by atoms with Gasteiger partial charge in [-0.25, -0.2) is 0 Å². The Morgan fingerprint density at radius 1 is 1.00 bits per heavy atom. The Labute approximate surface area is 158 Å². The van der Waals surface area contributed by atoms with E-state index in [1.807, 2.05) is 12.1 Å². The van der Waals surface area contributed by atoms with Crippen molar-refractivity contribution in [3.63, 3.8) is 0 Å². The van der Waals surface area contributed by atoms with Crippen molar-refractivity contribution >= 4 is 7.60 Å². The molecule has 0 saturated heterocycles. The van der Waals surface area contributed by atoms with Gasteiger partial charge in [0, 0.05) is 14.2 Å². The first-order chi connectivity index (χ1) is 11.7. The van der Waals surface area contributed by atoms with Crippen molar-refractivity contribution in [1.82, 2.24) is 0 Å². The molecule has 1 atom stereocenters. The minimum atomic E-state index is -3.23. The van der Waals surface area contributed by atoms with Crippen LogP contribution in [0, 0.1) is 0 Å². The van der Waals surface area contributed by atoms with Crippen LogP contribution in [0.3, 0.4) is 0 Å². The molecule has 5 nitrogen and oxygen atoms in total. The minimum absolute atomic E-state index is 0.0314. The Morgan fingerprint density at radius 2 is 1.42 bits per heavy atom. The van der Waals surface area contributed by atoms with Crippen LogP contribution in [0.4, 0.5) is 0 Å². The van der Waals surface area contributed by atoms with Crippen molar-refractivity contribution in [2.45, 2.75) is 71.3 Å². The highest BCUT2D eigenvalue weighted by atomic mass is 31.2. The molecule has 2 N–H and O–H groups in total. The van der Waals surface area contributed by atoms with Crippen LogP contribution in [0.1, 0.15) is 64.7 Å². The molecule has 0 bridgehead atoms. The smallest absolute Gasteiger partial charge is 0.332 e. The van der Waals surface area contributed by atoms with Crippen molar-refractivity contribution in [3.8, 4) is 5.75 Å². The number of aliphatic hydroxyl groups excluding tert-OH is 1. The zero-order valence-electron chi connectivity index (χ0n) is 17.4. The van der Waals surface area contributed by atoms with Crippen LogP contribution in [0.15, 0.2) is 12.1 Å². The van der Waals surface area contributed by atoms with E-state index in [1.54, 1.807) is 0 Å². The minimum Gasteiger partial charge on any atom is -0.507 e. The molecule has 150 valence electrons. The summed E-state index contributed by atoms with van der Waals surface area (Å²) in [5.41, 5.74) is 2.45. The number of aryl methyl sites for hydroxylation is 1. The van der Waals surface area contributed by atoms with E-state index in [0.717, 1.165) is 16.7 Å². The Morgan fingerprint density at radius 3 is 1.77 bits per heavy atom. The lowest BCUT2D eigenvalue weighted by molar-refractivity contribution is 0.172. The summed E-state index contributed by atoms with van der Waals surface area (Å²) in [7, 11) is -0.585. The molecule has 6 heteroatoms. The first-order valence-electron chi connectivity index (χ1n) is 8.99. The Bertz CT molecular complexity index is 612. The number of phenolic OH excluding ortho intramolecular Hbond substituents is 1. The van der Waals surface area contributed by atoms with E-state index >= 15 is 0 Å². The van der Waals surface area contributed by atoms with Crippen LogP contribution < -0.4 is 0 Å². The van der Waals surface area contributed by atoms with E-state index in [0.29, 0.717) is 18.6 Å². The summed E-state index contributed by atoms with van der Waals surface area (Å²) >= 11 is 0. The second kappa shape index (κ2) is 8.43. The van der Waals surface area contributed by atoms with Crippen molar-refractivity contribution in [1.29, 1.82) is 0 Å². The number of hydrogen-bond acceptors (Lipinski definition) is 5. The zero-order valence-corrected chi connectivity index (χ0v) is 18.3. The summed E-state index contributed by atoms with van der Waals surface area (Å²) in [5.74, 6) is 0.345. The standard InChI is InChI=1S/C20H35O5P/c1-19(2,3)16-11-14(12-17(18(16)22)20(4,5)6)9-10-15(21)13-26(23,24-7)25-8/h11-12,15,21-22H,9-10,13H2,1-8H3. The molecule has 1 rings (SSSR count). The third kappa shape index (κ3) is 6.09. The molecule has 0 radical (unpaired) electrons. The summed E-state index contributed by atoms with van der Waals surface area (Å²) in [5, 5.41) is 21.0. The van der Waals surface area contributed by atoms with Crippen molar-refractivity contribution in [2.24, 2.45) is 0 Å². The number of phenols is 1. The van der Waals surface area contributed by atoms with Crippen molar-refractivity contribution < 1.29 is 23.8 Å². The first kappa shape index (κ1) is 23.2. The number of hydrogen-bond donors (Lipinski definition) is 2. The van der Waals surface area contributed by atoms with Crippen molar-refractivity contribution in [2.75, 3.05) is 20.4 Å². The Balaban J connectivity index is 3.09. The predicted octanol–water partition coefficient (Wildman–Crippen LogP) is 4.77. The van der Waals surface area contributed by atoms with Crippen LogP contribution >= 0.6 is 7.60 Å². The highest BCUT2D eigenvalue weighted by Crippen LogP contribution is 2.47. The van der Waals surface area contributed by atoms with E-state index in [1.165, 1.54) is 14.2 Å². The molecular weight excluding hydrogens is 351 g/mol. The molecule has 0 amide bonds. The van der Waals surface area contributed by atoms with Crippen molar-refractivity contribution in [3.05, 3.63) is 28.8 Å². The van der Waals surface area contributed by atoms with Gasteiger partial charge in [0.15, 0.2) is 0 Å². The quantitative estimate of drug-likeness (QED) is 0.661. The van der Waals surface area contributed by atoms with Crippen LogP contribution in [-0.4, -0.2) is 36.7 Å². The lowest BCUT2D eigenvalue weighted by Crippen LogP contribution is -2.19. The molecule has 0 aliphatic heterocycles. The SMILES string of the molecule is COP(=O)(CC(O)CCc1cc(C(C)(C)C)c(O)c(C(C)(C)C)c1)OC. The van der Waals surface area contributed by atoms with Gasteiger partial charge in [-0.15, -0.1) is 0 Å². The van der Waals surface area contributed by atoms with Gasteiger partial charge in [0.2, 0.25) is 0 Å². The molecule has 1 unspecified atom stereocenters. The molecule has 0 fully saturated rings. The molecule has 0 spiro atoms. The molecule has 0 aliphatic carbocycles. The first-order valence-corrected chi connectivity index (χ1v) is 10.7. The average Bonchev–Trinajstić information content (AvgIpc) is 2.51. The second-order valence-corrected chi connectivity index (χ2v) is 11.2. The van der Waals surface area contributed by atoms with Gasteiger partial charge in [-0.1, -0.05) is 53.7 Å². The summed E-state index contributed by atoms with van der Waals surface area (Å²) in [4.78, 5) is 0. The van der Waals surface area contributed by atoms with E-state index < -0.39 is 13.7 Å². The highest BCUT2D eigenvalue weighted by Gasteiger charge is 2.28. The van der Waals surface area contributed by atoms with Crippen LogP contribution in [0.5, 0.6) is 5.75 Å². The fraction of sp³-hybridized carbons (Fsp3) is 0.700. The maximum atomic E-state index is 12.2. The predicted molar refractivity (Wildman–Crippen MR) is 106 cm³/mol. The van der Waals surface area contributed by atoms with Crippen LogP contribution in [0.25, 0.3) is 0 Å². The monoisotopic (exact) mass is 386 g/mol. The van der Waals surface area contributed by atoms with E-state index in [2.05, 4.69) is 41.5 Å². The Hall–Kier alpha value is -0.870. The molecule has 1 aromatic rings. The normalized spacial score (nSPS) is 14.5. The van der Waals surface area contributed by atoms with Gasteiger partial charge in [-0.2, -0.15) is 0 Å². The lowest BCUT2D eigenvalue weighted by atomic mass is 9.78. The molecule has 0 heterocycles. The molecule has 0 aliphatic rings. The van der Waals surface area contributed by atoms with E-state index in [-0.39, 0.29) is 17.0 Å². The topological polar surface area (TPSA) is 76.0 Å². The van der Waals surface area contributed by atoms with Gasteiger partial charge in [0.05, 0.1) is 12.3 Å². The number of rotatable bonds is 7. The van der Waals surface area contributed by atoms with Gasteiger partial charge < -0.3 is 19.3 Å². The average molecular weight is 386 g/mol. The highest BCUT2D eigenvalue weighted by molar-refractivity contribution is 7.53. The van der Waals surface area contributed by atoms with Gasteiger partial charge >= 0.3 is 7.60 Å². The molecular formula is C20H35O5P. The third-order valence-electron chi connectivity index (χ3n) is 4.54. The fourth-order valence-electron chi connectivity index (χ4n) is 2.89. The third-order valence-corrected chi connectivity index (χ3v) is 6.52. The molecule has 1 aromatic carbocycles. The summed E-state index contributed by atoms with van der Waals surface area (Å²) < 4.78 is 21.9. The van der Waals surface area contributed by atoms with Gasteiger partial charge in [0.1, 0.15) is 5.75 Å². The zero-order chi connectivity index (χ0) is 20.3. The van der Waals surface area contributed by atoms with Crippen LogP contribution in [0.2, 0.25) is 0 Å². The fourth-order valence-corrected chi connectivity index (χ4v) is 4.03. The molecule has 26 heavy (non-hydrogen) atoms. The number of aromatic hydroxyl groups is 1. The number of benzene rings is 1. The maximum absolute atomic E-state index is 12.2.